The van der Waals surface area contributed by atoms with Gasteiger partial charge in [0, 0.05) is 31.4 Å². The van der Waals surface area contributed by atoms with E-state index in [1.165, 1.54) is 31.2 Å². The van der Waals surface area contributed by atoms with Gasteiger partial charge in [-0.25, -0.2) is 0 Å². The Morgan fingerprint density at radius 3 is 2.60 bits per heavy atom. The zero-order valence-electron chi connectivity index (χ0n) is 13.5. The summed E-state index contributed by atoms with van der Waals surface area (Å²) >= 11 is 0. The normalized spacial score (nSPS) is 12.1. The lowest BCUT2D eigenvalue weighted by molar-refractivity contribution is 0.0827. The minimum atomic E-state index is 0.0479. The summed E-state index contributed by atoms with van der Waals surface area (Å²) in [7, 11) is 3.56. The second kappa shape index (κ2) is 7.93. The standard InChI is InChI=1S/C17H28N2O/c1-6-7-8-9-14(3)18-16-12-15(11-10-13(16)2)17(20)19(4)5/h10-12,14,18H,6-9H2,1-5H3. The van der Waals surface area contributed by atoms with Gasteiger partial charge in [-0.3, -0.25) is 4.79 Å². The molecule has 1 aromatic rings. The number of aryl methyl sites for hydroxylation is 1. The molecule has 3 heteroatoms. The first-order chi connectivity index (χ1) is 9.45. The van der Waals surface area contributed by atoms with Crippen LogP contribution in [-0.4, -0.2) is 30.9 Å². The number of anilines is 1. The van der Waals surface area contributed by atoms with Crippen molar-refractivity contribution in [2.45, 2.75) is 52.5 Å². The molecule has 1 N–H and O–H groups in total. The van der Waals surface area contributed by atoms with E-state index in [4.69, 9.17) is 0 Å². The van der Waals surface area contributed by atoms with Crippen molar-refractivity contribution in [1.82, 2.24) is 4.90 Å². The van der Waals surface area contributed by atoms with Crippen molar-refractivity contribution in [3.05, 3.63) is 29.3 Å². The van der Waals surface area contributed by atoms with Crippen molar-refractivity contribution in [3.8, 4) is 0 Å². The molecule has 112 valence electrons. The first-order valence-electron chi connectivity index (χ1n) is 7.54. The fraction of sp³-hybridized carbons (Fsp3) is 0.588. The van der Waals surface area contributed by atoms with E-state index in [1.807, 2.05) is 18.2 Å². The van der Waals surface area contributed by atoms with Gasteiger partial charge >= 0.3 is 0 Å². The van der Waals surface area contributed by atoms with E-state index in [-0.39, 0.29) is 5.91 Å². The highest BCUT2D eigenvalue weighted by Gasteiger charge is 2.11. The SMILES string of the molecule is CCCCCC(C)Nc1cc(C(=O)N(C)C)ccc1C. The first kappa shape index (κ1) is 16.5. The number of carbonyl (C=O) groups is 1. The van der Waals surface area contributed by atoms with Gasteiger partial charge in [-0.2, -0.15) is 0 Å². The molecule has 0 aliphatic carbocycles. The summed E-state index contributed by atoms with van der Waals surface area (Å²) in [5.41, 5.74) is 2.99. The molecule has 0 aliphatic rings. The van der Waals surface area contributed by atoms with Crippen LogP contribution in [0.15, 0.2) is 18.2 Å². The van der Waals surface area contributed by atoms with Gasteiger partial charge in [-0.15, -0.1) is 0 Å². The molecule has 1 unspecified atom stereocenters. The van der Waals surface area contributed by atoms with Crippen LogP contribution in [0, 0.1) is 6.92 Å². The largest absolute Gasteiger partial charge is 0.382 e. The lowest BCUT2D eigenvalue weighted by Gasteiger charge is -2.18. The second-order valence-corrected chi connectivity index (χ2v) is 5.77. The topological polar surface area (TPSA) is 32.3 Å². The van der Waals surface area contributed by atoms with Crippen molar-refractivity contribution in [3.63, 3.8) is 0 Å². The van der Waals surface area contributed by atoms with E-state index in [0.29, 0.717) is 6.04 Å². The number of hydrogen-bond donors (Lipinski definition) is 1. The van der Waals surface area contributed by atoms with Crippen molar-refractivity contribution < 1.29 is 4.79 Å². The number of amides is 1. The van der Waals surface area contributed by atoms with E-state index >= 15 is 0 Å². The molecule has 0 aromatic heterocycles. The molecule has 1 rings (SSSR count). The lowest BCUT2D eigenvalue weighted by Crippen LogP contribution is -2.22. The average Bonchev–Trinajstić information content (AvgIpc) is 2.40. The van der Waals surface area contributed by atoms with Crippen LogP contribution in [0.25, 0.3) is 0 Å². The summed E-state index contributed by atoms with van der Waals surface area (Å²) in [6.07, 6.45) is 4.95. The summed E-state index contributed by atoms with van der Waals surface area (Å²) in [6, 6.07) is 6.31. The molecule has 0 saturated carbocycles. The molecule has 1 aromatic carbocycles. The van der Waals surface area contributed by atoms with Crippen molar-refractivity contribution in [1.29, 1.82) is 0 Å². The third-order valence-electron chi connectivity index (χ3n) is 3.53. The zero-order chi connectivity index (χ0) is 15.1. The highest BCUT2D eigenvalue weighted by molar-refractivity contribution is 5.95. The number of carbonyl (C=O) groups excluding carboxylic acids is 1. The summed E-state index contributed by atoms with van der Waals surface area (Å²) in [5, 5.41) is 3.53. The van der Waals surface area contributed by atoms with Crippen LogP contribution in [0.5, 0.6) is 0 Å². The maximum absolute atomic E-state index is 12.0. The van der Waals surface area contributed by atoms with Gasteiger partial charge in [-0.05, 0) is 38.0 Å². The third kappa shape index (κ3) is 4.87. The minimum absolute atomic E-state index is 0.0479. The Hall–Kier alpha value is -1.51. The number of rotatable bonds is 7. The predicted molar refractivity (Wildman–Crippen MR) is 86.4 cm³/mol. The molecule has 1 atom stereocenters. The molecular formula is C17H28N2O. The van der Waals surface area contributed by atoms with Crippen LogP contribution >= 0.6 is 0 Å². The fourth-order valence-corrected chi connectivity index (χ4v) is 2.21. The summed E-state index contributed by atoms with van der Waals surface area (Å²) < 4.78 is 0. The van der Waals surface area contributed by atoms with Gasteiger partial charge < -0.3 is 10.2 Å². The molecule has 0 fully saturated rings. The van der Waals surface area contributed by atoms with Crippen LogP contribution in [0.1, 0.15) is 55.5 Å². The first-order valence-corrected chi connectivity index (χ1v) is 7.54. The van der Waals surface area contributed by atoms with E-state index in [9.17, 15) is 4.79 Å². The average molecular weight is 276 g/mol. The van der Waals surface area contributed by atoms with Crippen LogP contribution in [0.4, 0.5) is 5.69 Å². The maximum atomic E-state index is 12.0. The molecule has 0 spiro atoms. The number of benzene rings is 1. The lowest BCUT2D eigenvalue weighted by atomic mass is 10.1. The molecular weight excluding hydrogens is 248 g/mol. The third-order valence-corrected chi connectivity index (χ3v) is 3.53. The quantitative estimate of drug-likeness (QED) is 0.761. The van der Waals surface area contributed by atoms with E-state index in [1.54, 1.807) is 19.0 Å². The Morgan fingerprint density at radius 1 is 1.30 bits per heavy atom. The van der Waals surface area contributed by atoms with Crippen molar-refractivity contribution in [2.75, 3.05) is 19.4 Å². The van der Waals surface area contributed by atoms with Gasteiger partial charge in [0.15, 0.2) is 0 Å². The summed E-state index contributed by atoms with van der Waals surface area (Å²) in [4.78, 5) is 13.6. The van der Waals surface area contributed by atoms with Gasteiger partial charge in [0.2, 0.25) is 0 Å². The molecule has 3 nitrogen and oxygen atoms in total. The van der Waals surface area contributed by atoms with Crippen LogP contribution in [0.2, 0.25) is 0 Å². The van der Waals surface area contributed by atoms with Crippen molar-refractivity contribution in [2.24, 2.45) is 0 Å². The van der Waals surface area contributed by atoms with Crippen LogP contribution < -0.4 is 5.32 Å². The van der Waals surface area contributed by atoms with Crippen LogP contribution in [-0.2, 0) is 0 Å². The molecule has 0 radical (unpaired) electrons. The molecule has 0 bridgehead atoms. The fourth-order valence-electron chi connectivity index (χ4n) is 2.21. The summed E-state index contributed by atoms with van der Waals surface area (Å²) in [6.45, 7) is 6.50. The van der Waals surface area contributed by atoms with Gasteiger partial charge in [0.1, 0.15) is 0 Å². The molecule has 0 heterocycles. The Labute approximate surface area is 123 Å². The second-order valence-electron chi connectivity index (χ2n) is 5.77. The number of unbranched alkanes of at least 4 members (excludes halogenated alkanes) is 2. The molecule has 0 aliphatic heterocycles. The minimum Gasteiger partial charge on any atom is -0.382 e. The van der Waals surface area contributed by atoms with Gasteiger partial charge in [-0.1, -0.05) is 32.3 Å². The monoisotopic (exact) mass is 276 g/mol. The number of nitrogens with zero attached hydrogens (tertiary/aromatic N) is 1. The Balaban J connectivity index is 2.74. The molecule has 20 heavy (non-hydrogen) atoms. The predicted octanol–water partition coefficient (Wildman–Crippen LogP) is 4.08. The smallest absolute Gasteiger partial charge is 0.253 e. The molecule has 0 saturated heterocycles. The Morgan fingerprint density at radius 2 is 2.00 bits per heavy atom. The number of hydrogen-bond acceptors (Lipinski definition) is 2. The van der Waals surface area contributed by atoms with Gasteiger partial charge in [0.25, 0.3) is 5.91 Å². The van der Waals surface area contributed by atoms with E-state index in [0.717, 1.165) is 11.3 Å². The Kier molecular flexibility index (Phi) is 6.56. The highest BCUT2D eigenvalue weighted by Crippen LogP contribution is 2.20. The number of nitrogens with one attached hydrogen (secondary N) is 1. The highest BCUT2D eigenvalue weighted by atomic mass is 16.2. The van der Waals surface area contributed by atoms with Crippen LogP contribution in [0.3, 0.4) is 0 Å². The van der Waals surface area contributed by atoms with Crippen molar-refractivity contribution >= 4 is 11.6 Å². The Bertz CT molecular complexity index is 441. The van der Waals surface area contributed by atoms with Gasteiger partial charge in [0.05, 0.1) is 0 Å². The summed E-state index contributed by atoms with van der Waals surface area (Å²) in [5.74, 6) is 0.0479. The maximum Gasteiger partial charge on any atom is 0.253 e. The zero-order valence-corrected chi connectivity index (χ0v) is 13.5. The molecule has 1 amide bonds. The van der Waals surface area contributed by atoms with E-state index < -0.39 is 0 Å². The van der Waals surface area contributed by atoms with E-state index in [2.05, 4.69) is 26.1 Å².